The second-order valence-electron chi connectivity index (χ2n) is 4.79. The summed E-state index contributed by atoms with van der Waals surface area (Å²) < 4.78 is 5.28. The largest absolute Gasteiger partial charge is 0.379 e. The molecule has 1 heterocycles. The number of hydrogen-bond donors (Lipinski definition) is 0. The van der Waals surface area contributed by atoms with Crippen LogP contribution in [0.5, 0.6) is 0 Å². The molecule has 1 saturated heterocycles. The molecule has 0 aromatic carbocycles. The third-order valence-electron chi connectivity index (χ3n) is 3.00. The number of likely N-dealkylation sites (tertiary alicyclic amines) is 1. The first kappa shape index (κ1) is 11.0. The molecule has 0 N–H and O–H groups in total. The minimum atomic E-state index is 0.486. The molecule has 1 aliphatic heterocycles. The van der Waals surface area contributed by atoms with E-state index >= 15 is 0 Å². The molecule has 78 valence electrons. The Morgan fingerprint density at radius 2 is 1.54 bits per heavy atom. The Kier molecular flexibility index (Phi) is 3.74. The average Bonchev–Trinajstić information content (AvgIpc) is 1.93. The highest BCUT2D eigenvalue weighted by Gasteiger charge is 2.34. The maximum Gasteiger partial charge on any atom is 0.0825 e. The molecule has 0 amide bonds. The van der Waals surface area contributed by atoms with Gasteiger partial charge >= 0.3 is 0 Å². The van der Waals surface area contributed by atoms with Crippen LogP contribution < -0.4 is 0 Å². The van der Waals surface area contributed by atoms with Crippen LogP contribution in [0.3, 0.4) is 0 Å². The zero-order valence-electron chi connectivity index (χ0n) is 9.58. The van der Waals surface area contributed by atoms with Gasteiger partial charge in [0, 0.05) is 26.2 Å². The summed E-state index contributed by atoms with van der Waals surface area (Å²) >= 11 is 0. The molecule has 0 atom stereocenters. The van der Waals surface area contributed by atoms with Crippen molar-refractivity contribution in [1.82, 2.24) is 4.90 Å². The van der Waals surface area contributed by atoms with Crippen LogP contribution in [0.15, 0.2) is 0 Å². The summed E-state index contributed by atoms with van der Waals surface area (Å²) in [6.07, 6.45) is 0.486. The van der Waals surface area contributed by atoms with Crippen LogP contribution >= 0.6 is 0 Å². The Balaban J connectivity index is 2.40. The lowest BCUT2D eigenvalue weighted by Crippen LogP contribution is -2.59. The summed E-state index contributed by atoms with van der Waals surface area (Å²) in [6, 6.07) is 0.728. The van der Waals surface area contributed by atoms with Gasteiger partial charge in [0.2, 0.25) is 0 Å². The van der Waals surface area contributed by atoms with E-state index < -0.39 is 0 Å². The number of methoxy groups -OCH3 is 1. The predicted octanol–water partition coefficient (Wildman–Crippen LogP) is 2.00. The molecular weight excluding hydrogens is 162 g/mol. The standard InChI is InChI=1S/C11H23NO/c1-8(2)11(9(3)4)12-6-10(7-12)13-5/h8-11H,6-7H2,1-5H3. The van der Waals surface area contributed by atoms with Crippen LogP contribution in [0.4, 0.5) is 0 Å². The van der Waals surface area contributed by atoms with Gasteiger partial charge in [0.15, 0.2) is 0 Å². The summed E-state index contributed by atoms with van der Waals surface area (Å²) in [4.78, 5) is 2.55. The van der Waals surface area contributed by atoms with Crippen LogP contribution in [0.1, 0.15) is 27.7 Å². The van der Waals surface area contributed by atoms with E-state index in [1.165, 1.54) is 0 Å². The van der Waals surface area contributed by atoms with E-state index in [0.717, 1.165) is 31.0 Å². The third-order valence-corrected chi connectivity index (χ3v) is 3.00. The van der Waals surface area contributed by atoms with Gasteiger partial charge in [-0.15, -0.1) is 0 Å². The monoisotopic (exact) mass is 185 g/mol. The molecule has 0 saturated carbocycles. The highest BCUT2D eigenvalue weighted by Crippen LogP contribution is 2.25. The van der Waals surface area contributed by atoms with Crippen molar-refractivity contribution in [2.24, 2.45) is 11.8 Å². The lowest BCUT2D eigenvalue weighted by molar-refractivity contribution is -0.0695. The summed E-state index contributed by atoms with van der Waals surface area (Å²) in [6.45, 7) is 11.5. The van der Waals surface area contributed by atoms with Gasteiger partial charge < -0.3 is 4.74 Å². The molecule has 0 unspecified atom stereocenters. The number of nitrogens with zero attached hydrogens (tertiary/aromatic N) is 1. The SMILES string of the molecule is COC1CN(C(C(C)C)C(C)C)C1. The summed E-state index contributed by atoms with van der Waals surface area (Å²) in [5.74, 6) is 1.50. The van der Waals surface area contributed by atoms with Crippen LogP contribution in [0.25, 0.3) is 0 Å². The van der Waals surface area contributed by atoms with E-state index in [1.54, 1.807) is 0 Å². The first-order valence-corrected chi connectivity index (χ1v) is 5.33. The van der Waals surface area contributed by atoms with Gasteiger partial charge in [-0.1, -0.05) is 27.7 Å². The van der Waals surface area contributed by atoms with Gasteiger partial charge in [-0.25, -0.2) is 0 Å². The molecule has 2 heteroatoms. The lowest BCUT2D eigenvalue weighted by atomic mass is 9.89. The van der Waals surface area contributed by atoms with E-state index in [9.17, 15) is 0 Å². The van der Waals surface area contributed by atoms with E-state index in [1.807, 2.05) is 7.11 Å². The summed E-state index contributed by atoms with van der Waals surface area (Å²) in [5, 5.41) is 0. The van der Waals surface area contributed by atoms with Crippen LogP contribution in [-0.4, -0.2) is 37.2 Å². The molecule has 0 radical (unpaired) electrons. The molecule has 2 nitrogen and oxygen atoms in total. The number of ether oxygens (including phenoxy) is 1. The normalized spacial score (nSPS) is 20.3. The molecule has 0 aromatic heterocycles. The number of rotatable bonds is 4. The maximum absolute atomic E-state index is 5.28. The first-order valence-electron chi connectivity index (χ1n) is 5.33. The smallest absolute Gasteiger partial charge is 0.0825 e. The topological polar surface area (TPSA) is 12.5 Å². The predicted molar refractivity (Wildman–Crippen MR) is 55.8 cm³/mol. The zero-order chi connectivity index (χ0) is 10.0. The van der Waals surface area contributed by atoms with Gasteiger partial charge in [0.05, 0.1) is 6.10 Å². The fraction of sp³-hybridized carbons (Fsp3) is 1.00. The van der Waals surface area contributed by atoms with Gasteiger partial charge in [-0.2, -0.15) is 0 Å². The summed E-state index contributed by atoms with van der Waals surface area (Å²) in [5.41, 5.74) is 0. The Labute approximate surface area is 82.3 Å². The Hall–Kier alpha value is -0.0800. The Morgan fingerprint density at radius 3 is 1.85 bits per heavy atom. The van der Waals surface area contributed by atoms with Gasteiger partial charge in [-0.3, -0.25) is 4.90 Å². The van der Waals surface area contributed by atoms with Crippen LogP contribution in [0, 0.1) is 11.8 Å². The van der Waals surface area contributed by atoms with Gasteiger partial charge in [-0.05, 0) is 11.8 Å². The fourth-order valence-electron chi connectivity index (χ4n) is 2.48. The van der Waals surface area contributed by atoms with Crippen molar-refractivity contribution < 1.29 is 4.74 Å². The molecule has 13 heavy (non-hydrogen) atoms. The van der Waals surface area contributed by atoms with E-state index in [-0.39, 0.29) is 0 Å². The highest BCUT2D eigenvalue weighted by atomic mass is 16.5. The number of hydrogen-bond acceptors (Lipinski definition) is 2. The second-order valence-corrected chi connectivity index (χ2v) is 4.79. The van der Waals surface area contributed by atoms with Gasteiger partial charge in [0.25, 0.3) is 0 Å². The molecule has 1 aliphatic rings. The first-order chi connectivity index (χ1) is 6.06. The maximum atomic E-state index is 5.28. The molecule has 0 aromatic rings. The van der Waals surface area contributed by atoms with Crippen LogP contribution in [0.2, 0.25) is 0 Å². The van der Waals surface area contributed by atoms with Crippen molar-refractivity contribution in [2.75, 3.05) is 20.2 Å². The quantitative estimate of drug-likeness (QED) is 0.664. The molecule has 0 aliphatic carbocycles. The highest BCUT2D eigenvalue weighted by molar-refractivity contribution is 4.88. The van der Waals surface area contributed by atoms with Gasteiger partial charge in [0.1, 0.15) is 0 Å². The van der Waals surface area contributed by atoms with E-state index in [0.29, 0.717) is 6.10 Å². The van der Waals surface area contributed by atoms with E-state index in [4.69, 9.17) is 4.74 Å². The van der Waals surface area contributed by atoms with Crippen LogP contribution in [-0.2, 0) is 4.74 Å². The Morgan fingerprint density at radius 1 is 1.08 bits per heavy atom. The second kappa shape index (κ2) is 4.43. The zero-order valence-corrected chi connectivity index (χ0v) is 9.58. The minimum Gasteiger partial charge on any atom is -0.379 e. The molecule has 1 rings (SSSR count). The molecule has 1 fully saturated rings. The average molecular weight is 185 g/mol. The Bertz CT molecular complexity index is 142. The lowest BCUT2D eigenvalue weighted by Gasteiger charge is -2.46. The molecule has 0 spiro atoms. The fourth-order valence-corrected chi connectivity index (χ4v) is 2.48. The minimum absolute atomic E-state index is 0.486. The van der Waals surface area contributed by atoms with Crippen molar-refractivity contribution in [3.63, 3.8) is 0 Å². The van der Waals surface area contributed by atoms with Crippen molar-refractivity contribution >= 4 is 0 Å². The van der Waals surface area contributed by atoms with Crippen molar-refractivity contribution in [2.45, 2.75) is 39.8 Å². The van der Waals surface area contributed by atoms with Crippen molar-refractivity contribution in [3.8, 4) is 0 Å². The van der Waals surface area contributed by atoms with Crippen molar-refractivity contribution in [1.29, 1.82) is 0 Å². The third kappa shape index (κ3) is 2.44. The van der Waals surface area contributed by atoms with Crippen molar-refractivity contribution in [3.05, 3.63) is 0 Å². The summed E-state index contributed by atoms with van der Waals surface area (Å²) in [7, 11) is 1.81. The molecule has 0 bridgehead atoms. The van der Waals surface area contributed by atoms with E-state index in [2.05, 4.69) is 32.6 Å². The molecular formula is C11H23NO.